The first-order valence-electron chi connectivity index (χ1n) is 16.9. The minimum Gasteiger partial charge on any atom is -0.460 e. The molecule has 1 unspecified atom stereocenters. The van der Waals surface area contributed by atoms with Crippen molar-refractivity contribution in [3.05, 3.63) is 157 Å². The largest absolute Gasteiger partial charge is 0.460 e. The van der Waals surface area contributed by atoms with Gasteiger partial charge in [0.25, 0.3) is 0 Å². The molecule has 49 heavy (non-hydrogen) atoms. The van der Waals surface area contributed by atoms with Crippen LogP contribution in [0, 0.1) is 5.92 Å². The van der Waals surface area contributed by atoms with Gasteiger partial charge in [-0.05, 0) is 47.5 Å². The second-order valence-electron chi connectivity index (χ2n) is 13.0. The van der Waals surface area contributed by atoms with Crippen molar-refractivity contribution in [3.8, 4) is 33.8 Å². The molecule has 0 amide bonds. The number of hydrogen-bond acceptors (Lipinski definition) is 3. The monoisotopic (exact) mass is 629 g/mol. The number of nitrogens with zero attached hydrogens (tertiary/aromatic N) is 3. The summed E-state index contributed by atoms with van der Waals surface area (Å²) in [6, 6.07) is 51.2. The highest BCUT2D eigenvalue weighted by molar-refractivity contribution is 6.12. The highest BCUT2D eigenvalue weighted by Crippen LogP contribution is 2.44. The SMILES string of the molecule is CC1Cc2oc3c(-c4nc(-c5ccccc5)c5ccccc5n4)cccc3c2C=C1n1c2ccccc2c2cc(-c3ccccc3)ccc21. The van der Waals surface area contributed by atoms with Gasteiger partial charge < -0.3 is 8.98 Å². The fraction of sp³-hybridized carbons (Fsp3) is 0.0667. The highest BCUT2D eigenvalue weighted by atomic mass is 16.3. The molecule has 3 heterocycles. The average molecular weight is 630 g/mol. The molecule has 1 atom stereocenters. The Balaban J connectivity index is 1.16. The van der Waals surface area contributed by atoms with Crippen LogP contribution in [0.4, 0.5) is 0 Å². The minimum absolute atomic E-state index is 0.242. The van der Waals surface area contributed by atoms with Crippen molar-refractivity contribution < 1.29 is 4.42 Å². The van der Waals surface area contributed by atoms with Crippen LogP contribution >= 0.6 is 0 Å². The van der Waals surface area contributed by atoms with Gasteiger partial charge in [0.15, 0.2) is 5.82 Å². The Morgan fingerprint density at radius 3 is 2.12 bits per heavy atom. The zero-order chi connectivity index (χ0) is 32.5. The molecule has 0 radical (unpaired) electrons. The van der Waals surface area contributed by atoms with Crippen LogP contribution in [0.3, 0.4) is 0 Å². The number of hydrogen-bond donors (Lipinski definition) is 0. The van der Waals surface area contributed by atoms with Crippen LogP contribution in [0.25, 0.3) is 89.2 Å². The summed E-state index contributed by atoms with van der Waals surface area (Å²) in [5, 5.41) is 4.64. The molecule has 9 aromatic rings. The molecule has 0 bridgehead atoms. The molecule has 4 heteroatoms. The lowest BCUT2D eigenvalue weighted by atomic mass is 9.91. The molecule has 4 nitrogen and oxygen atoms in total. The third kappa shape index (κ3) is 4.38. The first-order chi connectivity index (χ1) is 24.2. The van der Waals surface area contributed by atoms with E-state index in [1.54, 1.807) is 0 Å². The topological polar surface area (TPSA) is 43.9 Å². The maximum atomic E-state index is 6.78. The van der Waals surface area contributed by atoms with E-state index in [1.165, 1.54) is 38.6 Å². The van der Waals surface area contributed by atoms with Crippen molar-refractivity contribution in [2.45, 2.75) is 13.3 Å². The van der Waals surface area contributed by atoms with Crippen molar-refractivity contribution in [2.75, 3.05) is 0 Å². The molecule has 6 aromatic carbocycles. The zero-order valence-electron chi connectivity index (χ0n) is 27.0. The quantitative estimate of drug-likeness (QED) is 0.195. The number of aromatic nitrogens is 3. The van der Waals surface area contributed by atoms with E-state index in [2.05, 4.69) is 145 Å². The Hall–Kier alpha value is -6.26. The van der Waals surface area contributed by atoms with Crippen LogP contribution in [0.5, 0.6) is 0 Å². The van der Waals surface area contributed by atoms with Gasteiger partial charge in [-0.15, -0.1) is 0 Å². The van der Waals surface area contributed by atoms with Crippen molar-refractivity contribution in [1.82, 2.24) is 14.5 Å². The van der Waals surface area contributed by atoms with Crippen LogP contribution in [-0.4, -0.2) is 14.5 Å². The van der Waals surface area contributed by atoms with Gasteiger partial charge in [0, 0.05) is 50.7 Å². The summed E-state index contributed by atoms with van der Waals surface area (Å²) < 4.78 is 9.24. The third-order valence-electron chi connectivity index (χ3n) is 10.0. The average Bonchev–Trinajstić information content (AvgIpc) is 3.69. The summed E-state index contributed by atoms with van der Waals surface area (Å²) in [7, 11) is 0. The van der Waals surface area contributed by atoms with E-state index in [0.717, 1.165) is 56.4 Å². The summed E-state index contributed by atoms with van der Waals surface area (Å²) in [6.07, 6.45) is 3.16. The van der Waals surface area contributed by atoms with Crippen LogP contribution in [0.15, 0.2) is 150 Å². The van der Waals surface area contributed by atoms with Gasteiger partial charge in [-0.25, -0.2) is 9.97 Å². The van der Waals surface area contributed by atoms with E-state index in [1.807, 2.05) is 18.2 Å². The molecule has 0 saturated heterocycles. The van der Waals surface area contributed by atoms with Gasteiger partial charge in [0.05, 0.1) is 27.8 Å². The standard InChI is InChI=1S/C45H31N3O/c1-28-25-42-37(27-41(28)48-39-22-11-9-17-32(39)36-26-31(23-24-40(36)48)29-13-4-2-5-14-29)33-19-12-20-35(44(33)49-42)45-46-38-21-10-8-18-34(38)43(47-45)30-15-6-3-7-16-30/h2-24,26-28H,25H2,1H3. The predicted octanol–water partition coefficient (Wildman–Crippen LogP) is 11.7. The fourth-order valence-electron chi connectivity index (χ4n) is 7.71. The maximum absolute atomic E-state index is 6.78. The number of furan rings is 1. The molecule has 0 aliphatic heterocycles. The third-order valence-corrected chi connectivity index (χ3v) is 10.0. The molecule has 0 fully saturated rings. The highest BCUT2D eigenvalue weighted by Gasteiger charge is 2.28. The molecule has 232 valence electrons. The van der Waals surface area contributed by atoms with Crippen LogP contribution < -0.4 is 0 Å². The molecule has 0 spiro atoms. The van der Waals surface area contributed by atoms with Gasteiger partial charge in [-0.2, -0.15) is 0 Å². The van der Waals surface area contributed by atoms with Crippen LogP contribution in [-0.2, 0) is 6.42 Å². The van der Waals surface area contributed by atoms with Crippen LogP contribution in [0.1, 0.15) is 18.2 Å². The van der Waals surface area contributed by atoms with Gasteiger partial charge in [0.2, 0.25) is 0 Å². The smallest absolute Gasteiger partial charge is 0.164 e. The Kier molecular flexibility index (Phi) is 6.18. The second kappa shape index (κ2) is 10.9. The zero-order valence-corrected chi connectivity index (χ0v) is 27.0. The van der Waals surface area contributed by atoms with Gasteiger partial charge in [-0.3, -0.25) is 0 Å². The van der Waals surface area contributed by atoms with Crippen molar-refractivity contribution in [3.63, 3.8) is 0 Å². The van der Waals surface area contributed by atoms with Crippen molar-refractivity contribution in [2.24, 2.45) is 5.92 Å². The molecule has 10 rings (SSSR count). The summed E-state index contributed by atoms with van der Waals surface area (Å²) in [6.45, 7) is 2.31. The number of fused-ring (bicyclic) bond motifs is 7. The summed E-state index contributed by atoms with van der Waals surface area (Å²) in [5.74, 6) is 1.92. The molecule has 3 aromatic heterocycles. The lowest BCUT2D eigenvalue weighted by Crippen LogP contribution is -2.13. The van der Waals surface area contributed by atoms with E-state index in [-0.39, 0.29) is 5.92 Å². The molecular weight excluding hydrogens is 599 g/mol. The number of rotatable bonds is 4. The Morgan fingerprint density at radius 1 is 0.592 bits per heavy atom. The Bertz CT molecular complexity index is 2750. The second-order valence-corrected chi connectivity index (χ2v) is 13.0. The van der Waals surface area contributed by atoms with E-state index >= 15 is 0 Å². The minimum atomic E-state index is 0.242. The maximum Gasteiger partial charge on any atom is 0.164 e. The van der Waals surface area contributed by atoms with Crippen LogP contribution in [0.2, 0.25) is 0 Å². The van der Waals surface area contributed by atoms with Gasteiger partial charge in [-0.1, -0.05) is 122 Å². The fourth-order valence-corrected chi connectivity index (χ4v) is 7.71. The van der Waals surface area contributed by atoms with E-state index in [0.29, 0.717) is 5.82 Å². The van der Waals surface area contributed by atoms with E-state index in [9.17, 15) is 0 Å². The molecule has 0 N–H and O–H groups in total. The van der Waals surface area contributed by atoms with E-state index in [4.69, 9.17) is 14.4 Å². The molecule has 1 aliphatic carbocycles. The Morgan fingerprint density at radius 2 is 1.29 bits per heavy atom. The first kappa shape index (κ1) is 27.8. The number of benzene rings is 6. The molecule has 1 aliphatic rings. The van der Waals surface area contributed by atoms with E-state index < -0.39 is 0 Å². The van der Waals surface area contributed by atoms with Gasteiger partial charge in [0.1, 0.15) is 11.3 Å². The number of para-hydroxylation sites is 3. The van der Waals surface area contributed by atoms with Gasteiger partial charge >= 0.3 is 0 Å². The molecular formula is C45H31N3O. The summed E-state index contributed by atoms with van der Waals surface area (Å²) in [5.41, 5.74) is 11.9. The normalized spacial score (nSPS) is 14.5. The van der Waals surface area contributed by atoms with Crippen molar-refractivity contribution >= 4 is 55.5 Å². The first-order valence-corrected chi connectivity index (χ1v) is 16.9. The number of allylic oxidation sites excluding steroid dienone is 1. The lowest BCUT2D eigenvalue weighted by molar-refractivity contribution is 0.514. The van der Waals surface area contributed by atoms with Crippen molar-refractivity contribution in [1.29, 1.82) is 0 Å². The lowest BCUT2D eigenvalue weighted by Gasteiger charge is -2.23. The predicted molar refractivity (Wildman–Crippen MR) is 202 cm³/mol. The summed E-state index contributed by atoms with van der Waals surface area (Å²) >= 11 is 0. The molecule has 0 saturated carbocycles. The summed E-state index contributed by atoms with van der Waals surface area (Å²) in [4.78, 5) is 10.2. The Labute approximate surface area is 283 Å².